The van der Waals surface area contributed by atoms with Crippen LogP contribution >= 0.6 is 11.6 Å². The van der Waals surface area contributed by atoms with E-state index in [9.17, 15) is 19.7 Å². The van der Waals surface area contributed by atoms with Crippen molar-refractivity contribution in [2.45, 2.75) is 18.9 Å². The largest absolute Gasteiger partial charge is 0.452 e. The minimum atomic E-state index is -0.648. The zero-order chi connectivity index (χ0) is 19.4. The molecular formula is C18H15ClN2O6. The van der Waals surface area contributed by atoms with Crippen LogP contribution in [0, 0.1) is 10.1 Å². The van der Waals surface area contributed by atoms with E-state index in [1.165, 1.54) is 42.5 Å². The van der Waals surface area contributed by atoms with Crippen molar-refractivity contribution in [2.75, 3.05) is 6.61 Å². The number of nitrogens with one attached hydrogen (secondary N) is 1. The Balaban J connectivity index is 1.60. The van der Waals surface area contributed by atoms with E-state index in [2.05, 4.69) is 5.32 Å². The normalized spacial score (nSPS) is 12.9. The summed E-state index contributed by atoms with van der Waals surface area (Å²) in [7, 11) is 0. The quantitative estimate of drug-likeness (QED) is 0.440. The van der Waals surface area contributed by atoms with Crippen LogP contribution in [0.3, 0.4) is 0 Å². The molecule has 3 rings (SSSR count). The first kappa shape index (κ1) is 18.7. The summed E-state index contributed by atoms with van der Waals surface area (Å²) in [5.41, 5.74) is -0.0418. The van der Waals surface area contributed by atoms with Crippen molar-refractivity contribution >= 4 is 29.2 Å². The average Bonchev–Trinajstić information content (AvgIpc) is 3.45. The van der Waals surface area contributed by atoms with Crippen LogP contribution < -0.4 is 10.1 Å². The second kappa shape index (κ2) is 8.05. The molecule has 0 spiro atoms. The van der Waals surface area contributed by atoms with E-state index in [-0.39, 0.29) is 40.6 Å². The Morgan fingerprint density at radius 2 is 1.89 bits per heavy atom. The van der Waals surface area contributed by atoms with Crippen LogP contribution in [-0.4, -0.2) is 29.4 Å². The monoisotopic (exact) mass is 390 g/mol. The summed E-state index contributed by atoms with van der Waals surface area (Å²) in [5, 5.41) is 14.0. The highest BCUT2D eigenvalue weighted by molar-refractivity contribution is 6.30. The van der Waals surface area contributed by atoms with Crippen molar-refractivity contribution in [3.05, 3.63) is 63.2 Å². The summed E-state index contributed by atoms with van der Waals surface area (Å²) in [6.45, 7) is -0.343. The van der Waals surface area contributed by atoms with E-state index in [0.29, 0.717) is 5.75 Å². The molecule has 1 aliphatic carbocycles. The van der Waals surface area contributed by atoms with Gasteiger partial charge in [0, 0.05) is 17.1 Å². The molecule has 8 nitrogen and oxygen atoms in total. The van der Waals surface area contributed by atoms with Gasteiger partial charge in [0.15, 0.2) is 6.61 Å². The molecule has 9 heteroatoms. The number of nitro benzene ring substituents is 1. The highest BCUT2D eigenvalue weighted by Gasteiger charge is 2.23. The number of amides is 1. The molecule has 0 aliphatic heterocycles. The van der Waals surface area contributed by atoms with Crippen LogP contribution in [0.15, 0.2) is 42.5 Å². The summed E-state index contributed by atoms with van der Waals surface area (Å²) in [4.78, 5) is 34.0. The third-order valence-electron chi connectivity index (χ3n) is 3.71. The molecule has 0 heterocycles. The summed E-state index contributed by atoms with van der Waals surface area (Å²) >= 11 is 5.76. The molecule has 140 valence electrons. The summed E-state index contributed by atoms with van der Waals surface area (Å²) in [5.74, 6) is -0.661. The van der Waals surface area contributed by atoms with Gasteiger partial charge in [-0.3, -0.25) is 14.9 Å². The fraction of sp³-hybridized carbons (Fsp3) is 0.222. The Bertz CT molecular complexity index is 880. The topological polar surface area (TPSA) is 108 Å². The maximum Gasteiger partial charge on any atom is 0.338 e. The first-order valence-electron chi connectivity index (χ1n) is 8.11. The van der Waals surface area contributed by atoms with Gasteiger partial charge in [0.25, 0.3) is 5.91 Å². The second-order valence-electron chi connectivity index (χ2n) is 5.91. The van der Waals surface area contributed by atoms with Crippen molar-refractivity contribution in [3.63, 3.8) is 0 Å². The van der Waals surface area contributed by atoms with Gasteiger partial charge in [-0.1, -0.05) is 11.6 Å². The molecule has 1 amide bonds. The number of hydrogen-bond acceptors (Lipinski definition) is 6. The molecule has 0 saturated heterocycles. The van der Waals surface area contributed by atoms with E-state index in [4.69, 9.17) is 21.1 Å². The minimum Gasteiger partial charge on any atom is -0.452 e. The van der Waals surface area contributed by atoms with Crippen molar-refractivity contribution in [2.24, 2.45) is 0 Å². The fourth-order valence-corrected chi connectivity index (χ4v) is 2.38. The number of esters is 1. The molecule has 0 unspecified atom stereocenters. The van der Waals surface area contributed by atoms with Gasteiger partial charge in [-0.15, -0.1) is 0 Å². The maximum atomic E-state index is 12.0. The molecular weight excluding hydrogens is 376 g/mol. The van der Waals surface area contributed by atoms with E-state index in [0.717, 1.165) is 12.8 Å². The van der Waals surface area contributed by atoms with Gasteiger partial charge in [-0.2, -0.15) is 0 Å². The number of nitro groups is 1. The number of nitrogens with zero attached hydrogens (tertiary/aromatic N) is 1. The van der Waals surface area contributed by atoms with Crippen LogP contribution in [0.25, 0.3) is 0 Å². The number of rotatable bonds is 7. The van der Waals surface area contributed by atoms with Crippen LogP contribution in [0.5, 0.6) is 11.5 Å². The van der Waals surface area contributed by atoms with Gasteiger partial charge in [0.05, 0.1) is 10.5 Å². The predicted molar refractivity (Wildman–Crippen MR) is 96.1 cm³/mol. The molecule has 0 bridgehead atoms. The van der Waals surface area contributed by atoms with Crippen LogP contribution in [-0.2, 0) is 9.53 Å². The third kappa shape index (κ3) is 5.18. The Hall–Kier alpha value is -3.13. The van der Waals surface area contributed by atoms with E-state index in [1.807, 2.05) is 0 Å². The highest BCUT2D eigenvalue weighted by atomic mass is 35.5. The molecule has 2 aromatic carbocycles. The lowest BCUT2D eigenvalue weighted by Gasteiger charge is -2.08. The molecule has 1 N–H and O–H groups in total. The molecule has 0 radical (unpaired) electrons. The number of halogens is 1. The number of carbonyl (C=O) groups excluding carboxylic acids is 2. The van der Waals surface area contributed by atoms with Gasteiger partial charge >= 0.3 is 11.7 Å². The number of ether oxygens (including phenoxy) is 2. The molecule has 27 heavy (non-hydrogen) atoms. The molecule has 0 atom stereocenters. The lowest BCUT2D eigenvalue weighted by molar-refractivity contribution is -0.385. The Morgan fingerprint density at radius 1 is 1.19 bits per heavy atom. The Labute approximate surface area is 159 Å². The number of carbonyl (C=O) groups is 2. The SMILES string of the molecule is O=C(COC(=O)c1ccc(Oc2ccc(Cl)cc2[N+](=O)[O-])cc1)NC1CC1. The molecule has 0 aromatic heterocycles. The highest BCUT2D eigenvalue weighted by Crippen LogP contribution is 2.33. The minimum absolute atomic E-state index is 0.0245. The lowest BCUT2D eigenvalue weighted by atomic mass is 10.2. The zero-order valence-electron chi connectivity index (χ0n) is 14.0. The van der Waals surface area contributed by atoms with Crippen molar-refractivity contribution < 1.29 is 24.0 Å². The maximum absolute atomic E-state index is 12.0. The molecule has 2 aromatic rings. The zero-order valence-corrected chi connectivity index (χ0v) is 14.8. The van der Waals surface area contributed by atoms with Crippen molar-refractivity contribution in [3.8, 4) is 11.5 Å². The third-order valence-corrected chi connectivity index (χ3v) is 3.95. The summed E-state index contributed by atoms with van der Waals surface area (Å²) in [6.07, 6.45) is 1.90. The summed E-state index contributed by atoms with van der Waals surface area (Å²) < 4.78 is 10.4. The second-order valence-corrected chi connectivity index (χ2v) is 6.35. The average molecular weight is 391 g/mol. The van der Waals surface area contributed by atoms with E-state index >= 15 is 0 Å². The predicted octanol–water partition coefficient (Wildman–Crippen LogP) is 3.48. The van der Waals surface area contributed by atoms with Gasteiger partial charge in [0.1, 0.15) is 5.75 Å². The molecule has 1 saturated carbocycles. The van der Waals surface area contributed by atoms with Crippen LogP contribution in [0.4, 0.5) is 5.69 Å². The van der Waals surface area contributed by atoms with Gasteiger partial charge < -0.3 is 14.8 Å². The van der Waals surface area contributed by atoms with Crippen molar-refractivity contribution in [1.82, 2.24) is 5.32 Å². The van der Waals surface area contributed by atoms with Gasteiger partial charge in [-0.25, -0.2) is 4.79 Å². The first-order valence-corrected chi connectivity index (χ1v) is 8.48. The smallest absolute Gasteiger partial charge is 0.338 e. The standard InChI is InChI=1S/C18H15ClN2O6/c19-12-3-8-16(15(9-12)21(24)25)27-14-6-1-11(2-7-14)18(23)26-10-17(22)20-13-4-5-13/h1-3,6-9,13H,4-5,10H2,(H,20,22). The first-order chi connectivity index (χ1) is 12.9. The fourth-order valence-electron chi connectivity index (χ4n) is 2.22. The molecule has 1 aliphatic rings. The lowest BCUT2D eigenvalue weighted by Crippen LogP contribution is -2.30. The van der Waals surface area contributed by atoms with Crippen LogP contribution in [0.2, 0.25) is 5.02 Å². The van der Waals surface area contributed by atoms with Gasteiger partial charge in [0.2, 0.25) is 5.75 Å². The Morgan fingerprint density at radius 3 is 2.52 bits per heavy atom. The Kier molecular flexibility index (Phi) is 5.56. The van der Waals surface area contributed by atoms with Gasteiger partial charge in [-0.05, 0) is 49.2 Å². The molecule has 1 fully saturated rings. The number of benzene rings is 2. The van der Waals surface area contributed by atoms with E-state index < -0.39 is 10.9 Å². The van der Waals surface area contributed by atoms with Crippen LogP contribution in [0.1, 0.15) is 23.2 Å². The summed E-state index contributed by atoms with van der Waals surface area (Å²) in [6, 6.07) is 10.1. The number of hydrogen-bond donors (Lipinski definition) is 1. The van der Waals surface area contributed by atoms with Crippen molar-refractivity contribution in [1.29, 1.82) is 0 Å². The van der Waals surface area contributed by atoms with E-state index in [1.54, 1.807) is 0 Å².